The molecule has 0 aromatic heterocycles. The van der Waals surface area contributed by atoms with Crippen molar-refractivity contribution in [2.45, 2.75) is 24.3 Å². The van der Waals surface area contributed by atoms with E-state index >= 15 is 0 Å². The standard InChI is InChI=1S/C14H17NO4S/c1-20-11-7-8-15(12(11)13(16)17)14(18)19-9-10-5-3-2-4-6-10/h2-6,11-12H,7-9H2,1H3,(H,16,17)/t11-,12-/m0/s1. The number of carboxylic acid groups (broad SMARTS) is 1. The summed E-state index contributed by atoms with van der Waals surface area (Å²) in [6, 6.07) is 8.53. The second-order valence-electron chi connectivity index (χ2n) is 4.58. The molecule has 6 heteroatoms. The average molecular weight is 295 g/mol. The second-order valence-corrected chi connectivity index (χ2v) is 5.66. The fourth-order valence-corrected chi connectivity index (χ4v) is 3.17. The van der Waals surface area contributed by atoms with Crippen molar-refractivity contribution in [1.82, 2.24) is 4.90 Å². The number of thioether (sulfide) groups is 1. The van der Waals surface area contributed by atoms with Crippen LogP contribution >= 0.6 is 11.8 Å². The van der Waals surface area contributed by atoms with E-state index in [4.69, 9.17) is 4.74 Å². The molecule has 1 aromatic rings. The molecule has 2 atom stereocenters. The number of likely N-dealkylation sites (tertiary alicyclic amines) is 1. The number of hydrogen-bond donors (Lipinski definition) is 1. The minimum absolute atomic E-state index is 0.0724. The molecule has 0 bridgehead atoms. The number of ether oxygens (including phenoxy) is 1. The minimum atomic E-state index is -0.974. The van der Waals surface area contributed by atoms with Crippen LogP contribution in [0, 0.1) is 0 Å². The van der Waals surface area contributed by atoms with E-state index in [9.17, 15) is 14.7 Å². The van der Waals surface area contributed by atoms with Crippen molar-refractivity contribution in [2.75, 3.05) is 12.8 Å². The number of hydrogen-bond acceptors (Lipinski definition) is 4. The summed E-state index contributed by atoms with van der Waals surface area (Å²) < 4.78 is 5.20. The van der Waals surface area contributed by atoms with Gasteiger partial charge in [0.15, 0.2) is 0 Å². The molecule has 0 unspecified atom stereocenters. The average Bonchev–Trinajstić information content (AvgIpc) is 2.90. The zero-order valence-electron chi connectivity index (χ0n) is 11.2. The normalized spacial score (nSPS) is 21.8. The SMILES string of the molecule is CS[C@H]1CCN(C(=O)OCc2ccccc2)[C@@H]1C(=O)O. The first-order valence-corrected chi connectivity index (χ1v) is 7.65. The van der Waals surface area contributed by atoms with Crippen LogP contribution in [0.1, 0.15) is 12.0 Å². The van der Waals surface area contributed by atoms with E-state index in [0.29, 0.717) is 13.0 Å². The van der Waals surface area contributed by atoms with E-state index < -0.39 is 18.1 Å². The van der Waals surface area contributed by atoms with Gasteiger partial charge in [0, 0.05) is 11.8 Å². The smallest absolute Gasteiger partial charge is 0.410 e. The van der Waals surface area contributed by atoms with E-state index in [-0.39, 0.29) is 11.9 Å². The Kier molecular flexibility index (Phi) is 4.89. The largest absolute Gasteiger partial charge is 0.480 e. The maximum absolute atomic E-state index is 12.0. The quantitative estimate of drug-likeness (QED) is 0.922. The van der Waals surface area contributed by atoms with E-state index in [1.807, 2.05) is 36.6 Å². The van der Waals surface area contributed by atoms with Crippen molar-refractivity contribution in [3.8, 4) is 0 Å². The van der Waals surface area contributed by atoms with Crippen LogP contribution in [0.3, 0.4) is 0 Å². The van der Waals surface area contributed by atoms with Gasteiger partial charge in [-0.25, -0.2) is 9.59 Å². The number of carbonyl (C=O) groups excluding carboxylic acids is 1. The minimum Gasteiger partial charge on any atom is -0.480 e. The lowest BCUT2D eigenvalue weighted by Gasteiger charge is -2.23. The van der Waals surface area contributed by atoms with Gasteiger partial charge >= 0.3 is 12.1 Å². The molecule has 0 aliphatic carbocycles. The van der Waals surface area contributed by atoms with Crippen LogP contribution in [0.4, 0.5) is 4.79 Å². The molecule has 2 rings (SSSR count). The first-order chi connectivity index (χ1) is 9.63. The van der Waals surface area contributed by atoms with Gasteiger partial charge in [-0.2, -0.15) is 11.8 Å². The fourth-order valence-electron chi connectivity index (χ4n) is 2.31. The lowest BCUT2D eigenvalue weighted by Crippen LogP contribution is -2.44. The molecular formula is C14H17NO4S. The Morgan fingerprint density at radius 3 is 2.70 bits per heavy atom. The van der Waals surface area contributed by atoms with Gasteiger partial charge in [0.1, 0.15) is 12.6 Å². The molecule has 1 heterocycles. The molecule has 1 fully saturated rings. The second kappa shape index (κ2) is 6.65. The van der Waals surface area contributed by atoms with E-state index in [2.05, 4.69) is 0 Å². The Morgan fingerprint density at radius 2 is 2.10 bits per heavy atom. The number of carboxylic acids is 1. The number of nitrogens with zero attached hydrogens (tertiary/aromatic N) is 1. The summed E-state index contributed by atoms with van der Waals surface area (Å²) in [7, 11) is 0. The Labute approximate surface area is 121 Å². The van der Waals surface area contributed by atoms with Crippen molar-refractivity contribution in [3.63, 3.8) is 0 Å². The third-order valence-corrected chi connectivity index (χ3v) is 4.44. The van der Waals surface area contributed by atoms with Crippen LogP contribution in [0.15, 0.2) is 30.3 Å². The van der Waals surface area contributed by atoms with Gasteiger partial charge in [-0.05, 0) is 18.2 Å². The van der Waals surface area contributed by atoms with Crippen LogP contribution in [-0.2, 0) is 16.1 Å². The van der Waals surface area contributed by atoms with Gasteiger partial charge < -0.3 is 9.84 Å². The number of carbonyl (C=O) groups is 2. The Hall–Kier alpha value is -1.69. The monoisotopic (exact) mass is 295 g/mol. The molecule has 0 radical (unpaired) electrons. The maximum atomic E-state index is 12.0. The van der Waals surface area contributed by atoms with Gasteiger partial charge in [0.25, 0.3) is 0 Å². The summed E-state index contributed by atoms with van der Waals surface area (Å²) in [5.41, 5.74) is 0.883. The fraction of sp³-hybridized carbons (Fsp3) is 0.429. The number of aliphatic carboxylic acids is 1. The topological polar surface area (TPSA) is 66.8 Å². The van der Waals surface area contributed by atoms with Gasteiger partial charge in [0.2, 0.25) is 0 Å². The zero-order valence-corrected chi connectivity index (χ0v) is 12.0. The maximum Gasteiger partial charge on any atom is 0.410 e. The highest BCUT2D eigenvalue weighted by Gasteiger charge is 2.42. The van der Waals surface area contributed by atoms with Crippen LogP contribution in [0.5, 0.6) is 0 Å². The van der Waals surface area contributed by atoms with Crippen LogP contribution < -0.4 is 0 Å². The highest BCUT2D eigenvalue weighted by Crippen LogP contribution is 2.28. The third-order valence-electron chi connectivity index (χ3n) is 3.34. The Balaban J connectivity index is 1.96. The van der Waals surface area contributed by atoms with E-state index in [1.54, 1.807) is 0 Å². The highest BCUT2D eigenvalue weighted by molar-refractivity contribution is 7.99. The number of amides is 1. The summed E-state index contributed by atoms with van der Waals surface area (Å²) in [6.07, 6.45) is 1.98. The number of benzene rings is 1. The molecule has 0 spiro atoms. The molecule has 1 saturated heterocycles. The van der Waals surface area contributed by atoms with Crippen molar-refractivity contribution in [3.05, 3.63) is 35.9 Å². The molecule has 1 N–H and O–H groups in total. The lowest BCUT2D eigenvalue weighted by atomic mass is 10.2. The summed E-state index contributed by atoms with van der Waals surface area (Å²) in [6.45, 7) is 0.586. The van der Waals surface area contributed by atoms with E-state index in [1.165, 1.54) is 16.7 Å². The Bertz CT molecular complexity index is 479. The van der Waals surface area contributed by atoms with Crippen molar-refractivity contribution in [1.29, 1.82) is 0 Å². The molecule has 20 heavy (non-hydrogen) atoms. The molecule has 1 aliphatic heterocycles. The van der Waals surface area contributed by atoms with E-state index in [0.717, 1.165) is 5.56 Å². The summed E-state index contributed by atoms with van der Waals surface area (Å²) >= 11 is 1.47. The van der Waals surface area contributed by atoms with Crippen LogP contribution in [-0.4, -0.2) is 46.2 Å². The predicted molar refractivity (Wildman–Crippen MR) is 76.7 cm³/mol. The van der Waals surface area contributed by atoms with Crippen molar-refractivity contribution >= 4 is 23.8 Å². The van der Waals surface area contributed by atoms with Gasteiger partial charge in [-0.15, -0.1) is 0 Å². The van der Waals surface area contributed by atoms with Gasteiger partial charge in [0.05, 0.1) is 0 Å². The Morgan fingerprint density at radius 1 is 1.40 bits per heavy atom. The summed E-state index contributed by atoms with van der Waals surface area (Å²) in [5, 5.41) is 9.18. The van der Waals surface area contributed by atoms with Crippen molar-refractivity contribution < 1.29 is 19.4 Å². The molecule has 1 amide bonds. The van der Waals surface area contributed by atoms with Gasteiger partial charge in [-0.1, -0.05) is 30.3 Å². The van der Waals surface area contributed by atoms with Crippen molar-refractivity contribution in [2.24, 2.45) is 0 Å². The lowest BCUT2D eigenvalue weighted by molar-refractivity contribution is -0.141. The number of rotatable bonds is 4. The zero-order chi connectivity index (χ0) is 14.5. The molecule has 108 valence electrons. The highest BCUT2D eigenvalue weighted by atomic mass is 32.2. The molecular weight excluding hydrogens is 278 g/mol. The van der Waals surface area contributed by atoms with Crippen LogP contribution in [0.25, 0.3) is 0 Å². The predicted octanol–water partition coefficient (Wildman–Crippen LogP) is 2.21. The summed E-state index contributed by atoms with van der Waals surface area (Å²) in [4.78, 5) is 24.6. The molecule has 1 aliphatic rings. The van der Waals surface area contributed by atoms with Crippen LogP contribution in [0.2, 0.25) is 0 Å². The molecule has 1 aromatic carbocycles. The first kappa shape index (κ1) is 14.7. The van der Waals surface area contributed by atoms with Gasteiger partial charge in [-0.3, -0.25) is 4.90 Å². The first-order valence-electron chi connectivity index (χ1n) is 6.36. The summed E-state index contributed by atoms with van der Waals surface area (Å²) in [5.74, 6) is -0.974. The molecule has 0 saturated carbocycles. The molecule has 5 nitrogen and oxygen atoms in total. The third kappa shape index (κ3) is 3.25.